The van der Waals surface area contributed by atoms with E-state index in [9.17, 15) is 14.4 Å². The van der Waals surface area contributed by atoms with E-state index in [1.165, 1.54) is 11.8 Å². The van der Waals surface area contributed by atoms with Crippen molar-refractivity contribution in [3.8, 4) is 5.75 Å². The van der Waals surface area contributed by atoms with Gasteiger partial charge in [-0.1, -0.05) is 25.1 Å². The number of carbonyl (C=O) groups is 3. The zero-order chi connectivity index (χ0) is 19.6. The van der Waals surface area contributed by atoms with Gasteiger partial charge in [0.1, 0.15) is 12.3 Å². The smallest absolute Gasteiger partial charge is 0.323 e. The SMILES string of the molecule is CC(=O)N(CC(=O)O)[C@@H]1CCCN(C(=O)[C@@H]2Oc3ccccc3[C@@H]2C)CC1. The molecule has 2 aliphatic heterocycles. The van der Waals surface area contributed by atoms with Crippen molar-refractivity contribution >= 4 is 17.8 Å². The van der Waals surface area contributed by atoms with Gasteiger partial charge in [0.2, 0.25) is 5.91 Å². The lowest BCUT2D eigenvalue weighted by atomic mass is 9.97. The lowest BCUT2D eigenvalue weighted by Gasteiger charge is -2.29. The molecule has 146 valence electrons. The lowest BCUT2D eigenvalue weighted by molar-refractivity contribution is -0.145. The highest BCUT2D eigenvalue weighted by molar-refractivity contribution is 5.84. The number of nitrogens with zero attached hydrogens (tertiary/aromatic N) is 2. The number of hydrogen-bond donors (Lipinski definition) is 1. The number of carboxylic acids is 1. The molecule has 1 aromatic carbocycles. The van der Waals surface area contributed by atoms with Crippen LogP contribution in [0.3, 0.4) is 0 Å². The molecule has 2 aliphatic rings. The van der Waals surface area contributed by atoms with Gasteiger partial charge in [0.15, 0.2) is 6.10 Å². The van der Waals surface area contributed by atoms with E-state index in [2.05, 4.69) is 0 Å². The molecule has 2 heterocycles. The molecule has 0 aromatic heterocycles. The van der Waals surface area contributed by atoms with Crippen molar-refractivity contribution in [2.24, 2.45) is 0 Å². The van der Waals surface area contributed by atoms with Crippen LogP contribution >= 0.6 is 0 Å². The van der Waals surface area contributed by atoms with Gasteiger partial charge in [-0.05, 0) is 25.3 Å². The summed E-state index contributed by atoms with van der Waals surface area (Å²) in [6.07, 6.45) is 1.47. The second-order valence-electron chi connectivity index (χ2n) is 7.32. The van der Waals surface area contributed by atoms with Crippen LogP contribution < -0.4 is 4.74 Å². The number of aliphatic carboxylic acids is 1. The summed E-state index contributed by atoms with van der Waals surface area (Å²) >= 11 is 0. The van der Waals surface area contributed by atoms with Crippen molar-refractivity contribution in [3.63, 3.8) is 0 Å². The molecular weight excluding hydrogens is 348 g/mol. The van der Waals surface area contributed by atoms with E-state index in [1.807, 2.05) is 31.2 Å². The third-order valence-electron chi connectivity index (χ3n) is 5.52. The Labute approximate surface area is 158 Å². The fourth-order valence-corrected chi connectivity index (χ4v) is 4.06. The summed E-state index contributed by atoms with van der Waals surface area (Å²) in [5, 5.41) is 9.06. The highest BCUT2D eigenvalue weighted by Crippen LogP contribution is 2.38. The van der Waals surface area contributed by atoms with E-state index >= 15 is 0 Å². The monoisotopic (exact) mass is 374 g/mol. The topological polar surface area (TPSA) is 87.2 Å². The number of carboxylic acid groups (broad SMARTS) is 1. The normalized spacial score (nSPS) is 24.5. The van der Waals surface area contributed by atoms with E-state index in [-0.39, 0.29) is 30.3 Å². The second-order valence-corrected chi connectivity index (χ2v) is 7.32. The van der Waals surface area contributed by atoms with Gasteiger partial charge in [0, 0.05) is 37.5 Å². The van der Waals surface area contributed by atoms with Gasteiger partial charge in [-0.2, -0.15) is 0 Å². The Morgan fingerprint density at radius 3 is 2.63 bits per heavy atom. The van der Waals surface area contributed by atoms with Gasteiger partial charge in [-0.15, -0.1) is 0 Å². The van der Waals surface area contributed by atoms with Crippen LogP contribution in [0.4, 0.5) is 0 Å². The second kappa shape index (κ2) is 7.98. The summed E-state index contributed by atoms with van der Waals surface area (Å²) in [6, 6.07) is 7.56. The molecule has 2 amide bonds. The summed E-state index contributed by atoms with van der Waals surface area (Å²) < 4.78 is 5.91. The first-order valence-corrected chi connectivity index (χ1v) is 9.42. The zero-order valence-electron chi connectivity index (χ0n) is 15.8. The average Bonchev–Trinajstić information content (AvgIpc) is 2.81. The molecule has 0 bridgehead atoms. The summed E-state index contributed by atoms with van der Waals surface area (Å²) in [7, 11) is 0. The molecule has 0 saturated carbocycles. The molecule has 1 N–H and O–H groups in total. The Kier molecular flexibility index (Phi) is 5.68. The van der Waals surface area contributed by atoms with Gasteiger partial charge in [0.05, 0.1) is 0 Å². The van der Waals surface area contributed by atoms with Gasteiger partial charge >= 0.3 is 5.97 Å². The van der Waals surface area contributed by atoms with Gasteiger partial charge in [-0.3, -0.25) is 14.4 Å². The van der Waals surface area contributed by atoms with Crippen LogP contribution in [0.15, 0.2) is 24.3 Å². The maximum absolute atomic E-state index is 13.0. The molecule has 0 unspecified atom stereocenters. The molecule has 7 nitrogen and oxygen atoms in total. The molecule has 0 aliphatic carbocycles. The van der Waals surface area contributed by atoms with E-state index < -0.39 is 12.1 Å². The Balaban J connectivity index is 1.65. The van der Waals surface area contributed by atoms with E-state index in [1.54, 1.807) is 4.90 Å². The fourth-order valence-electron chi connectivity index (χ4n) is 4.06. The minimum absolute atomic E-state index is 0.00604. The van der Waals surface area contributed by atoms with Crippen LogP contribution in [0.1, 0.15) is 44.6 Å². The first-order chi connectivity index (χ1) is 12.9. The van der Waals surface area contributed by atoms with Crippen LogP contribution in [0.5, 0.6) is 5.75 Å². The number of amides is 2. The zero-order valence-corrected chi connectivity index (χ0v) is 15.8. The van der Waals surface area contributed by atoms with Crippen molar-refractivity contribution in [2.75, 3.05) is 19.6 Å². The van der Waals surface area contributed by atoms with E-state index in [4.69, 9.17) is 9.84 Å². The standard InChI is InChI=1S/C20H26N2O5/c1-13-16-7-3-4-8-17(16)27-19(13)20(26)21-10-5-6-15(9-11-21)22(14(2)23)12-18(24)25/h3-4,7-8,13,15,19H,5-6,9-12H2,1-2H3,(H,24,25)/t13-,15+,19+/m0/s1. The maximum Gasteiger partial charge on any atom is 0.323 e. The molecule has 3 rings (SSSR count). The minimum atomic E-state index is -1.02. The van der Waals surface area contributed by atoms with Crippen molar-refractivity contribution in [1.29, 1.82) is 0 Å². The van der Waals surface area contributed by atoms with E-state index in [0.29, 0.717) is 25.9 Å². The summed E-state index contributed by atoms with van der Waals surface area (Å²) in [5.41, 5.74) is 1.05. The highest BCUT2D eigenvalue weighted by Gasteiger charge is 2.39. The molecular formula is C20H26N2O5. The van der Waals surface area contributed by atoms with Crippen LogP contribution in [0.25, 0.3) is 0 Å². The highest BCUT2D eigenvalue weighted by atomic mass is 16.5. The average molecular weight is 374 g/mol. The molecule has 7 heteroatoms. The number of rotatable bonds is 4. The Bertz CT molecular complexity index is 735. The molecule has 0 spiro atoms. The fraction of sp³-hybridized carbons (Fsp3) is 0.550. The molecule has 1 aromatic rings. The van der Waals surface area contributed by atoms with Crippen LogP contribution in [-0.2, 0) is 14.4 Å². The van der Waals surface area contributed by atoms with Gasteiger partial charge in [0.25, 0.3) is 5.91 Å². The Morgan fingerprint density at radius 1 is 1.22 bits per heavy atom. The van der Waals surface area contributed by atoms with E-state index in [0.717, 1.165) is 17.7 Å². The Hall–Kier alpha value is -2.57. The number of para-hydroxylation sites is 1. The molecule has 0 radical (unpaired) electrons. The van der Waals surface area contributed by atoms with Crippen molar-refractivity contribution < 1.29 is 24.2 Å². The van der Waals surface area contributed by atoms with Crippen molar-refractivity contribution in [3.05, 3.63) is 29.8 Å². The number of benzene rings is 1. The third-order valence-corrected chi connectivity index (χ3v) is 5.52. The number of carbonyl (C=O) groups excluding carboxylic acids is 2. The summed E-state index contributed by atoms with van der Waals surface area (Å²) in [6.45, 7) is 4.18. The van der Waals surface area contributed by atoms with Gasteiger partial charge < -0.3 is 19.6 Å². The number of ether oxygens (including phenoxy) is 1. The van der Waals surface area contributed by atoms with Gasteiger partial charge in [-0.25, -0.2) is 0 Å². The molecule has 3 atom stereocenters. The van der Waals surface area contributed by atoms with Crippen molar-refractivity contribution in [1.82, 2.24) is 9.80 Å². The van der Waals surface area contributed by atoms with Crippen LogP contribution in [0.2, 0.25) is 0 Å². The number of likely N-dealkylation sites (tertiary alicyclic amines) is 1. The molecule has 1 fully saturated rings. The summed E-state index contributed by atoms with van der Waals surface area (Å²) in [5.74, 6) is -0.542. The Morgan fingerprint density at radius 2 is 1.96 bits per heavy atom. The lowest BCUT2D eigenvalue weighted by Crippen LogP contribution is -2.45. The molecule has 27 heavy (non-hydrogen) atoms. The summed E-state index contributed by atoms with van der Waals surface area (Å²) in [4.78, 5) is 39.2. The quantitative estimate of drug-likeness (QED) is 0.869. The predicted octanol–water partition coefficient (Wildman–Crippen LogP) is 1.87. The third kappa shape index (κ3) is 4.07. The first kappa shape index (κ1) is 19.2. The number of fused-ring (bicyclic) bond motifs is 1. The molecule has 1 saturated heterocycles. The predicted molar refractivity (Wildman–Crippen MR) is 98.5 cm³/mol. The van der Waals surface area contributed by atoms with Crippen LogP contribution in [-0.4, -0.2) is 64.5 Å². The first-order valence-electron chi connectivity index (χ1n) is 9.42. The minimum Gasteiger partial charge on any atom is -0.480 e. The maximum atomic E-state index is 13.0. The number of hydrogen-bond acceptors (Lipinski definition) is 4. The van der Waals surface area contributed by atoms with Crippen molar-refractivity contribution in [2.45, 2.75) is 51.2 Å². The largest absolute Gasteiger partial charge is 0.480 e. The van der Waals surface area contributed by atoms with Crippen LogP contribution in [0, 0.1) is 0 Å².